The number of nitrogens with two attached hydrogens (primary N) is 1. The Kier molecular flexibility index (Phi) is 4.62. The number of hydrogen-bond acceptors (Lipinski definition) is 3. The van der Waals surface area contributed by atoms with E-state index in [0.717, 1.165) is 29.3 Å². The predicted octanol–water partition coefficient (Wildman–Crippen LogP) is 2.48. The number of rotatable bonds is 2. The van der Waals surface area contributed by atoms with Crippen LogP contribution in [0.1, 0.15) is 30.9 Å². The van der Waals surface area contributed by atoms with E-state index in [-0.39, 0.29) is 24.0 Å². The lowest BCUT2D eigenvalue weighted by atomic mass is 10.0. The smallest absolute Gasteiger partial charge is 0.227 e. The standard InChI is InChI=1S/C16H21BrN2O2/c17-13-6-2-1-4-11(13)15-10-19(8-9-21-15)16(20)12-5-3-7-14(12)18/h1-2,4,6,12,14-15H,3,5,7-10,18H2. The maximum atomic E-state index is 12.7. The molecule has 3 unspecified atom stereocenters. The number of carbonyl (C=O) groups is 1. The number of benzene rings is 1. The Morgan fingerprint density at radius 1 is 1.33 bits per heavy atom. The van der Waals surface area contributed by atoms with E-state index < -0.39 is 0 Å². The van der Waals surface area contributed by atoms with Crippen LogP contribution in [0.5, 0.6) is 0 Å². The molecule has 1 aromatic rings. The summed E-state index contributed by atoms with van der Waals surface area (Å²) in [5, 5.41) is 0. The maximum Gasteiger partial charge on any atom is 0.227 e. The van der Waals surface area contributed by atoms with Crippen molar-refractivity contribution in [2.45, 2.75) is 31.4 Å². The first-order valence-electron chi connectivity index (χ1n) is 7.57. The van der Waals surface area contributed by atoms with Gasteiger partial charge in [-0.25, -0.2) is 0 Å². The summed E-state index contributed by atoms with van der Waals surface area (Å²) in [5.41, 5.74) is 7.17. The monoisotopic (exact) mass is 352 g/mol. The van der Waals surface area contributed by atoms with Crippen LogP contribution in [0.2, 0.25) is 0 Å². The number of ether oxygens (including phenoxy) is 1. The second-order valence-corrected chi connectivity index (χ2v) is 6.72. The zero-order valence-electron chi connectivity index (χ0n) is 12.0. The van der Waals surface area contributed by atoms with Crippen LogP contribution in [-0.4, -0.2) is 36.5 Å². The van der Waals surface area contributed by atoms with E-state index >= 15 is 0 Å². The third-order valence-electron chi connectivity index (χ3n) is 4.52. The molecule has 1 amide bonds. The molecule has 2 aliphatic rings. The Morgan fingerprint density at radius 2 is 2.14 bits per heavy atom. The van der Waals surface area contributed by atoms with Crippen molar-refractivity contribution in [3.8, 4) is 0 Å². The minimum Gasteiger partial charge on any atom is -0.370 e. The third-order valence-corrected chi connectivity index (χ3v) is 5.24. The first kappa shape index (κ1) is 15.0. The van der Waals surface area contributed by atoms with Crippen molar-refractivity contribution in [1.29, 1.82) is 0 Å². The molecule has 1 heterocycles. The molecule has 4 nitrogen and oxygen atoms in total. The number of halogens is 1. The molecule has 0 bridgehead atoms. The van der Waals surface area contributed by atoms with Gasteiger partial charge < -0.3 is 15.4 Å². The van der Waals surface area contributed by atoms with Crippen molar-refractivity contribution in [1.82, 2.24) is 4.90 Å². The fourth-order valence-electron chi connectivity index (χ4n) is 3.30. The summed E-state index contributed by atoms with van der Waals surface area (Å²) in [6.45, 7) is 1.87. The van der Waals surface area contributed by atoms with Gasteiger partial charge in [-0.05, 0) is 24.5 Å². The average Bonchev–Trinajstić information content (AvgIpc) is 2.93. The Bertz CT molecular complexity index is 523. The molecule has 1 aliphatic heterocycles. The van der Waals surface area contributed by atoms with Gasteiger partial charge in [0.2, 0.25) is 5.91 Å². The van der Waals surface area contributed by atoms with Gasteiger partial charge in [0.15, 0.2) is 0 Å². The topological polar surface area (TPSA) is 55.6 Å². The zero-order chi connectivity index (χ0) is 14.8. The van der Waals surface area contributed by atoms with E-state index in [2.05, 4.69) is 15.9 Å². The average molecular weight is 353 g/mol. The number of hydrogen-bond donors (Lipinski definition) is 1. The molecule has 1 saturated carbocycles. The molecule has 1 saturated heterocycles. The number of nitrogens with zero attached hydrogens (tertiary/aromatic N) is 1. The lowest BCUT2D eigenvalue weighted by molar-refractivity contribution is -0.143. The molecule has 0 spiro atoms. The van der Waals surface area contributed by atoms with Crippen molar-refractivity contribution in [2.24, 2.45) is 11.7 Å². The van der Waals surface area contributed by atoms with Gasteiger partial charge in [-0.1, -0.05) is 40.5 Å². The predicted molar refractivity (Wildman–Crippen MR) is 84.7 cm³/mol. The van der Waals surface area contributed by atoms with E-state index in [4.69, 9.17) is 10.5 Å². The molecule has 2 N–H and O–H groups in total. The maximum absolute atomic E-state index is 12.7. The zero-order valence-corrected chi connectivity index (χ0v) is 13.6. The van der Waals surface area contributed by atoms with Gasteiger partial charge in [0.25, 0.3) is 0 Å². The Labute approximate surface area is 133 Å². The lowest BCUT2D eigenvalue weighted by Crippen LogP contribution is -2.47. The van der Waals surface area contributed by atoms with Gasteiger partial charge in [-0.3, -0.25) is 4.79 Å². The van der Waals surface area contributed by atoms with Crippen LogP contribution in [-0.2, 0) is 9.53 Å². The van der Waals surface area contributed by atoms with Gasteiger partial charge in [0.1, 0.15) is 6.10 Å². The molecule has 114 valence electrons. The van der Waals surface area contributed by atoms with Crippen molar-refractivity contribution < 1.29 is 9.53 Å². The molecule has 3 atom stereocenters. The van der Waals surface area contributed by atoms with Crippen LogP contribution in [0, 0.1) is 5.92 Å². The van der Waals surface area contributed by atoms with Crippen molar-refractivity contribution >= 4 is 21.8 Å². The van der Waals surface area contributed by atoms with E-state index in [9.17, 15) is 4.79 Å². The Balaban J connectivity index is 1.71. The molecular formula is C16H21BrN2O2. The van der Waals surface area contributed by atoms with E-state index in [1.165, 1.54) is 0 Å². The van der Waals surface area contributed by atoms with Crippen LogP contribution in [0.3, 0.4) is 0 Å². The highest BCUT2D eigenvalue weighted by atomic mass is 79.9. The van der Waals surface area contributed by atoms with Gasteiger partial charge in [-0.15, -0.1) is 0 Å². The highest BCUT2D eigenvalue weighted by Crippen LogP contribution is 2.31. The Hall–Kier alpha value is -0.910. The van der Waals surface area contributed by atoms with Crippen LogP contribution in [0.15, 0.2) is 28.7 Å². The largest absolute Gasteiger partial charge is 0.370 e. The number of amides is 1. The lowest BCUT2D eigenvalue weighted by Gasteiger charge is -2.35. The molecule has 1 aliphatic carbocycles. The highest BCUT2D eigenvalue weighted by Gasteiger charge is 2.35. The minimum absolute atomic E-state index is 0.00274. The normalized spacial score (nSPS) is 29.6. The molecule has 0 aromatic heterocycles. The van der Waals surface area contributed by atoms with Crippen LogP contribution in [0.25, 0.3) is 0 Å². The second kappa shape index (κ2) is 6.46. The fourth-order valence-corrected chi connectivity index (χ4v) is 3.84. The van der Waals surface area contributed by atoms with Gasteiger partial charge in [0, 0.05) is 17.1 Å². The summed E-state index contributed by atoms with van der Waals surface area (Å²) >= 11 is 3.56. The summed E-state index contributed by atoms with van der Waals surface area (Å²) < 4.78 is 6.89. The van der Waals surface area contributed by atoms with Crippen molar-refractivity contribution in [3.63, 3.8) is 0 Å². The number of carbonyl (C=O) groups excluding carboxylic acids is 1. The summed E-state index contributed by atoms with van der Waals surface area (Å²) in [6, 6.07) is 8.06. The molecule has 5 heteroatoms. The van der Waals surface area contributed by atoms with Crippen molar-refractivity contribution in [2.75, 3.05) is 19.7 Å². The van der Waals surface area contributed by atoms with E-state index in [0.29, 0.717) is 19.7 Å². The molecule has 2 fully saturated rings. The highest BCUT2D eigenvalue weighted by molar-refractivity contribution is 9.10. The molecule has 0 radical (unpaired) electrons. The molecule has 21 heavy (non-hydrogen) atoms. The van der Waals surface area contributed by atoms with E-state index in [1.54, 1.807) is 0 Å². The van der Waals surface area contributed by atoms with Crippen molar-refractivity contribution in [3.05, 3.63) is 34.3 Å². The first-order chi connectivity index (χ1) is 10.2. The van der Waals surface area contributed by atoms with Crippen LogP contribution < -0.4 is 5.73 Å². The summed E-state index contributed by atoms with van der Waals surface area (Å²) in [4.78, 5) is 14.6. The van der Waals surface area contributed by atoms with Gasteiger partial charge >= 0.3 is 0 Å². The number of morpholine rings is 1. The summed E-state index contributed by atoms with van der Waals surface area (Å²) in [6.07, 6.45) is 2.90. The minimum atomic E-state index is -0.0593. The third kappa shape index (κ3) is 3.15. The summed E-state index contributed by atoms with van der Waals surface area (Å²) in [7, 11) is 0. The first-order valence-corrected chi connectivity index (χ1v) is 8.36. The molecule has 3 rings (SSSR count). The van der Waals surface area contributed by atoms with Gasteiger partial charge in [-0.2, -0.15) is 0 Å². The van der Waals surface area contributed by atoms with E-state index in [1.807, 2.05) is 29.2 Å². The fraction of sp³-hybridized carbons (Fsp3) is 0.562. The van der Waals surface area contributed by atoms with Crippen LogP contribution in [0.4, 0.5) is 0 Å². The van der Waals surface area contributed by atoms with Crippen LogP contribution >= 0.6 is 15.9 Å². The summed E-state index contributed by atoms with van der Waals surface area (Å²) in [5.74, 6) is 0.211. The Morgan fingerprint density at radius 3 is 2.86 bits per heavy atom. The SMILES string of the molecule is NC1CCCC1C(=O)N1CCOC(c2ccccc2Br)C1. The quantitative estimate of drug-likeness (QED) is 0.889. The van der Waals surface area contributed by atoms with Gasteiger partial charge in [0.05, 0.1) is 19.1 Å². The molecule has 1 aromatic carbocycles. The second-order valence-electron chi connectivity index (χ2n) is 5.87. The molecular weight excluding hydrogens is 332 g/mol.